The van der Waals surface area contributed by atoms with E-state index in [2.05, 4.69) is 10.2 Å². The van der Waals surface area contributed by atoms with Crippen LogP contribution < -0.4 is 10.1 Å². The number of hydrogen-bond acceptors (Lipinski definition) is 5. The number of hydrogen-bond donors (Lipinski definition) is 1. The first-order valence-electron chi connectivity index (χ1n) is 9.36. The number of nitrogens with one attached hydrogen (secondary N) is 1. The maximum absolute atomic E-state index is 12.4. The quantitative estimate of drug-likeness (QED) is 0.540. The number of alkyl halides is 3. The fraction of sp³-hybridized carbons (Fsp3) is 0.286. The summed E-state index contributed by atoms with van der Waals surface area (Å²) in [4.78, 5) is 12.2. The largest absolute Gasteiger partial charge is 0.496 e. The van der Waals surface area contributed by atoms with Gasteiger partial charge in [0.2, 0.25) is 5.91 Å². The first-order chi connectivity index (χ1) is 14.7. The van der Waals surface area contributed by atoms with Gasteiger partial charge in [0.15, 0.2) is 11.0 Å². The van der Waals surface area contributed by atoms with Gasteiger partial charge in [-0.05, 0) is 38.1 Å². The standard InChI is InChI=1S/C21H21F3N4O2S/c1-13-8-10-15(11-9-13)28-18(16-6-4-5-7-17(16)30-3)26-27-20(28)31-14(2)19(29)25-12-21(22,23)24/h4-11,14H,12H2,1-3H3,(H,25,29). The number of para-hydroxylation sites is 1. The molecule has 0 radical (unpaired) electrons. The molecule has 1 N–H and O–H groups in total. The maximum Gasteiger partial charge on any atom is 0.405 e. The molecule has 3 aromatic rings. The van der Waals surface area contributed by atoms with Crippen LogP contribution in [0.1, 0.15) is 12.5 Å². The van der Waals surface area contributed by atoms with Crippen LogP contribution in [0.4, 0.5) is 13.2 Å². The van der Waals surface area contributed by atoms with Crippen LogP contribution >= 0.6 is 11.8 Å². The summed E-state index contributed by atoms with van der Waals surface area (Å²) in [6.07, 6.45) is -4.47. The van der Waals surface area contributed by atoms with Gasteiger partial charge in [-0.15, -0.1) is 10.2 Å². The Kier molecular flexibility index (Phi) is 6.89. The van der Waals surface area contributed by atoms with Gasteiger partial charge in [-0.25, -0.2) is 0 Å². The molecule has 31 heavy (non-hydrogen) atoms. The Bertz CT molecular complexity index is 1050. The lowest BCUT2D eigenvalue weighted by atomic mass is 10.1. The summed E-state index contributed by atoms with van der Waals surface area (Å²) in [5.41, 5.74) is 2.51. The Balaban J connectivity index is 1.98. The molecular formula is C21H21F3N4O2S. The minimum atomic E-state index is -4.47. The number of carbonyl (C=O) groups excluding carboxylic acids is 1. The fourth-order valence-corrected chi connectivity index (χ4v) is 3.71. The van der Waals surface area contributed by atoms with E-state index in [1.165, 1.54) is 6.92 Å². The van der Waals surface area contributed by atoms with Crippen molar-refractivity contribution in [3.63, 3.8) is 0 Å². The lowest BCUT2D eigenvalue weighted by Gasteiger charge is -2.15. The van der Waals surface area contributed by atoms with Gasteiger partial charge in [0, 0.05) is 5.69 Å². The first kappa shape index (κ1) is 22.7. The van der Waals surface area contributed by atoms with Crippen LogP contribution in [0.2, 0.25) is 0 Å². The van der Waals surface area contributed by atoms with Crippen molar-refractivity contribution in [3.05, 3.63) is 54.1 Å². The van der Waals surface area contributed by atoms with Gasteiger partial charge in [0.25, 0.3) is 0 Å². The van der Waals surface area contributed by atoms with Crippen LogP contribution in [0, 0.1) is 6.92 Å². The van der Waals surface area contributed by atoms with Crippen LogP contribution in [0.5, 0.6) is 5.75 Å². The normalized spacial score (nSPS) is 12.5. The van der Waals surface area contributed by atoms with E-state index in [1.54, 1.807) is 17.7 Å². The molecule has 1 heterocycles. The number of thioether (sulfide) groups is 1. The number of rotatable bonds is 7. The highest BCUT2D eigenvalue weighted by Gasteiger charge is 2.29. The number of methoxy groups -OCH3 is 1. The Labute approximate surface area is 181 Å². The predicted octanol–water partition coefficient (Wildman–Crippen LogP) is 4.41. The predicted molar refractivity (Wildman–Crippen MR) is 112 cm³/mol. The average molecular weight is 450 g/mol. The van der Waals surface area contributed by atoms with E-state index in [4.69, 9.17) is 4.74 Å². The molecule has 0 bridgehead atoms. The highest BCUT2D eigenvalue weighted by Crippen LogP contribution is 2.34. The van der Waals surface area contributed by atoms with E-state index < -0.39 is 23.9 Å². The zero-order valence-corrected chi connectivity index (χ0v) is 17.9. The van der Waals surface area contributed by atoms with E-state index in [0.717, 1.165) is 23.0 Å². The molecule has 0 saturated carbocycles. The maximum atomic E-state index is 12.4. The van der Waals surface area contributed by atoms with Crippen LogP contribution in [0.3, 0.4) is 0 Å². The van der Waals surface area contributed by atoms with Crippen molar-refractivity contribution in [3.8, 4) is 22.8 Å². The van der Waals surface area contributed by atoms with E-state index in [-0.39, 0.29) is 0 Å². The van der Waals surface area contributed by atoms with E-state index in [0.29, 0.717) is 22.3 Å². The monoisotopic (exact) mass is 450 g/mol. The number of nitrogens with zero attached hydrogens (tertiary/aromatic N) is 3. The lowest BCUT2D eigenvalue weighted by molar-refractivity contribution is -0.137. The van der Waals surface area contributed by atoms with Crippen LogP contribution in [-0.2, 0) is 4.79 Å². The van der Waals surface area contributed by atoms with E-state index in [1.807, 2.05) is 54.7 Å². The van der Waals surface area contributed by atoms with Gasteiger partial charge < -0.3 is 10.1 Å². The van der Waals surface area contributed by atoms with Crippen molar-refractivity contribution in [2.75, 3.05) is 13.7 Å². The second-order valence-corrected chi connectivity index (χ2v) is 8.08. The summed E-state index contributed by atoms with van der Waals surface area (Å²) in [7, 11) is 1.55. The fourth-order valence-electron chi connectivity index (χ4n) is 2.82. The van der Waals surface area contributed by atoms with Crippen LogP contribution in [0.15, 0.2) is 53.7 Å². The molecule has 0 aliphatic rings. The van der Waals surface area contributed by atoms with Crippen molar-refractivity contribution in [2.24, 2.45) is 0 Å². The smallest absolute Gasteiger partial charge is 0.405 e. The molecule has 1 amide bonds. The van der Waals surface area contributed by atoms with Gasteiger partial charge in [-0.3, -0.25) is 9.36 Å². The van der Waals surface area contributed by atoms with Crippen molar-refractivity contribution in [1.82, 2.24) is 20.1 Å². The highest BCUT2D eigenvalue weighted by atomic mass is 32.2. The summed E-state index contributed by atoms with van der Waals surface area (Å²) in [5, 5.41) is 9.97. The molecule has 2 aromatic carbocycles. The summed E-state index contributed by atoms with van der Waals surface area (Å²) in [6, 6.07) is 14.9. The van der Waals surface area contributed by atoms with Crippen LogP contribution in [0.25, 0.3) is 17.1 Å². The minimum absolute atomic E-state index is 0.374. The SMILES string of the molecule is COc1ccccc1-c1nnc(SC(C)C(=O)NCC(F)(F)F)n1-c1ccc(C)cc1. The molecule has 1 aromatic heterocycles. The van der Waals surface area contributed by atoms with Gasteiger partial charge in [-0.1, -0.05) is 41.6 Å². The molecule has 0 saturated heterocycles. The number of aryl methyl sites for hydroxylation is 1. The second kappa shape index (κ2) is 9.42. The number of carbonyl (C=O) groups is 1. The molecule has 0 fully saturated rings. The molecular weight excluding hydrogens is 429 g/mol. The van der Waals surface area contributed by atoms with Gasteiger partial charge in [-0.2, -0.15) is 13.2 Å². The summed E-state index contributed by atoms with van der Waals surface area (Å²) in [6.45, 7) is 2.10. The number of aromatic nitrogens is 3. The first-order valence-corrected chi connectivity index (χ1v) is 10.2. The Hall–Kier alpha value is -3.01. The Morgan fingerprint density at radius 2 is 1.84 bits per heavy atom. The molecule has 1 unspecified atom stereocenters. The van der Waals surface area contributed by atoms with E-state index in [9.17, 15) is 18.0 Å². The zero-order chi connectivity index (χ0) is 22.6. The van der Waals surface area contributed by atoms with Crippen LogP contribution in [-0.4, -0.2) is 45.8 Å². The van der Waals surface area contributed by atoms with Gasteiger partial charge in [0.05, 0.1) is 17.9 Å². The third kappa shape index (κ3) is 5.57. The molecule has 6 nitrogen and oxygen atoms in total. The van der Waals surface area contributed by atoms with Gasteiger partial charge >= 0.3 is 6.18 Å². The number of ether oxygens (including phenoxy) is 1. The summed E-state index contributed by atoms with van der Waals surface area (Å²) >= 11 is 1.03. The molecule has 0 spiro atoms. The molecule has 3 rings (SSSR count). The highest BCUT2D eigenvalue weighted by molar-refractivity contribution is 8.00. The van der Waals surface area contributed by atoms with Gasteiger partial charge in [0.1, 0.15) is 12.3 Å². The molecule has 1 atom stereocenters. The third-order valence-corrected chi connectivity index (χ3v) is 5.43. The number of amides is 1. The second-order valence-electron chi connectivity index (χ2n) is 6.77. The molecule has 164 valence electrons. The topological polar surface area (TPSA) is 69.0 Å². The number of benzene rings is 2. The summed E-state index contributed by atoms with van der Waals surface area (Å²) in [5.74, 6) is 0.349. The molecule has 10 heteroatoms. The Morgan fingerprint density at radius 3 is 2.48 bits per heavy atom. The minimum Gasteiger partial charge on any atom is -0.496 e. The Morgan fingerprint density at radius 1 is 1.16 bits per heavy atom. The average Bonchev–Trinajstić information content (AvgIpc) is 3.15. The number of halogens is 3. The van der Waals surface area contributed by atoms with E-state index >= 15 is 0 Å². The zero-order valence-electron chi connectivity index (χ0n) is 17.1. The summed E-state index contributed by atoms with van der Waals surface area (Å²) < 4.78 is 44.5. The lowest BCUT2D eigenvalue weighted by Crippen LogP contribution is -2.38. The van der Waals surface area contributed by atoms with Crippen molar-refractivity contribution < 1.29 is 22.7 Å². The third-order valence-electron chi connectivity index (χ3n) is 4.39. The van der Waals surface area contributed by atoms with Crippen molar-refractivity contribution in [2.45, 2.75) is 30.4 Å². The molecule has 0 aliphatic carbocycles. The van der Waals surface area contributed by atoms with Crippen molar-refractivity contribution >= 4 is 17.7 Å². The molecule has 0 aliphatic heterocycles. The van der Waals surface area contributed by atoms with Crippen molar-refractivity contribution in [1.29, 1.82) is 0 Å².